The van der Waals surface area contributed by atoms with Crippen LogP contribution in [0.25, 0.3) is 0 Å². The van der Waals surface area contributed by atoms with E-state index < -0.39 is 20.0 Å². The van der Waals surface area contributed by atoms with E-state index in [9.17, 15) is 0 Å². The molecule has 0 heterocycles. The van der Waals surface area contributed by atoms with Crippen LogP contribution in [0.2, 0.25) is 0 Å². The summed E-state index contributed by atoms with van der Waals surface area (Å²) in [5.41, 5.74) is 0.125. The van der Waals surface area contributed by atoms with Crippen molar-refractivity contribution in [2.24, 2.45) is 21.7 Å². The first-order chi connectivity index (χ1) is 10.8. The molecule has 0 aliphatic rings. The molecule has 0 saturated heterocycles. The third-order valence-corrected chi connectivity index (χ3v) is 8.41. The molecule has 0 N–H and O–H groups in total. The Kier molecular flexibility index (Phi) is 9.46. The van der Waals surface area contributed by atoms with Crippen LogP contribution in [0.1, 0.15) is 83.1 Å². The zero-order chi connectivity index (χ0) is 20.2. The second-order valence-corrected chi connectivity index (χ2v) is 18.0. The van der Waals surface area contributed by atoms with Gasteiger partial charge in [-0.25, -0.2) is 0 Å². The van der Waals surface area contributed by atoms with E-state index in [0.717, 1.165) is 0 Å². The minimum atomic E-state index is -4.14. The summed E-state index contributed by atoms with van der Waals surface area (Å²) in [6, 6.07) is 0. The van der Waals surface area contributed by atoms with Gasteiger partial charge in [0.05, 0.1) is 0 Å². The van der Waals surface area contributed by atoms with Crippen molar-refractivity contribution in [3.8, 4) is 0 Å². The first-order valence-electron chi connectivity index (χ1n) is 9.39. The van der Waals surface area contributed by atoms with Crippen LogP contribution >= 0.6 is 0 Å². The topological polar surface area (TPSA) is 36.9 Å². The van der Waals surface area contributed by atoms with Crippen LogP contribution in [0, 0.1) is 21.7 Å². The van der Waals surface area contributed by atoms with Gasteiger partial charge in [0, 0.05) is 0 Å². The molecule has 5 heteroatoms. The van der Waals surface area contributed by atoms with E-state index in [1.807, 2.05) is 0 Å². The fourth-order valence-corrected chi connectivity index (χ4v) is 9.86. The molecule has 4 nitrogen and oxygen atoms in total. The van der Waals surface area contributed by atoms with Gasteiger partial charge in [0.1, 0.15) is 0 Å². The standard InChI is InChI=1S/4C5H11O.Sn/c4*1-5(2,3)4-6;/h4*4H2,1-3H3;/q4*-1;+4. The van der Waals surface area contributed by atoms with E-state index in [1.165, 1.54) is 0 Å². The normalized spacial score (nSPS) is 14.9. The van der Waals surface area contributed by atoms with Crippen molar-refractivity contribution in [3.63, 3.8) is 0 Å². The Hall–Kier alpha value is 0.639. The van der Waals surface area contributed by atoms with Crippen molar-refractivity contribution in [2.75, 3.05) is 26.4 Å². The zero-order valence-electron chi connectivity index (χ0n) is 19.0. The molecule has 0 bridgehead atoms. The van der Waals surface area contributed by atoms with Gasteiger partial charge in [0.15, 0.2) is 0 Å². The van der Waals surface area contributed by atoms with Crippen molar-refractivity contribution < 1.29 is 12.3 Å². The van der Waals surface area contributed by atoms with E-state index in [-0.39, 0.29) is 21.7 Å². The molecule has 0 unspecified atom stereocenters. The SMILES string of the molecule is CC(C)(C)C[O][Sn]([O]CC(C)(C)C)([O]CC(C)(C)C)[O]CC(C)(C)C. The summed E-state index contributed by atoms with van der Waals surface area (Å²) in [7, 11) is 0. The number of hydrogen-bond donors (Lipinski definition) is 0. The maximum absolute atomic E-state index is 6.32. The van der Waals surface area contributed by atoms with Gasteiger partial charge in [-0.1, -0.05) is 0 Å². The average molecular weight is 467 g/mol. The molecule has 0 aromatic carbocycles. The molecule has 0 atom stereocenters. The van der Waals surface area contributed by atoms with Crippen LogP contribution in [0.4, 0.5) is 0 Å². The van der Waals surface area contributed by atoms with E-state index in [4.69, 9.17) is 12.3 Å². The minimum absolute atomic E-state index is 0.0312. The maximum atomic E-state index is 6.32. The van der Waals surface area contributed by atoms with Gasteiger partial charge in [-0.15, -0.1) is 0 Å². The Bertz CT molecular complexity index is 303. The molecule has 152 valence electrons. The Morgan fingerprint density at radius 2 is 0.560 bits per heavy atom. The van der Waals surface area contributed by atoms with Crippen LogP contribution in [0.3, 0.4) is 0 Å². The van der Waals surface area contributed by atoms with Crippen molar-refractivity contribution >= 4 is 20.0 Å². The van der Waals surface area contributed by atoms with Crippen LogP contribution < -0.4 is 0 Å². The Labute approximate surface area is 163 Å². The summed E-state index contributed by atoms with van der Waals surface area (Å²) in [6.45, 7) is 28.1. The second kappa shape index (κ2) is 9.22. The van der Waals surface area contributed by atoms with Crippen molar-refractivity contribution in [1.82, 2.24) is 0 Å². The summed E-state index contributed by atoms with van der Waals surface area (Å²) in [4.78, 5) is 0. The van der Waals surface area contributed by atoms with Crippen LogP contribution in [0.5, 0.6) is 0 Å². The van der Waals surface area contributed by atoms with Gasteiger partial charge >= 0.3 is 164 Å². The zero-order valence-corrected chi connectivity index (χ0v) is 21.8. The molecule has 0 rings (SSSR count). The Morgan fingerprint density at radius 1 is 0.400 bits per heavy atom. The molecule has 0 aliphatic carbocycles. The summed E-state index contributed by atoms with van der Waals surface area (Å²) < 4.78 is 25.3. The molecule has 0 fully saturated rings. The molecule has 25 heavy (non-hydrogen) atoms. The molecule has 0 radical (unpaired) electrons. The van der Waals surface area contributed by atoms with Gasteiger partial charge in [-0.2, -0.15) is 0 Å². The molecule has 0 spiro atoms. The van der Waals surface area contributed by atoms with Gasteiger partial charge < -0.3 is 0 Å². The molecule has 0 aromatic rings. The fourth-order valence-electron chi connectivity index (χ4n) is 1.47. The third kappa shape index (κ3) is 15.4. The predicted molar refractivity (Wildman–Crippen MR) is 107 cm³/mol. The Morgan fingerprint density at radius 3 is 0.680 bits per heavy atom. The number of hydrogen-bond acceptors (Lipinski definition) is 4. The fraction of sp³-hybridized carbons (Fsp3) is 1.00. The van der Waals surface area contributed by atoms with E-state index in [2.05, 4.69) is 83.1 Å². The molecule has 0 saturated carbocycles. The van der Waals surface area contributed by atoms with Gasteiger partial charge in [-0.3, -0.25) is 0 Å². The Balaban J connectivity index is 5.41. The van der Waals surface area contributed by atoms with Crippen LogP contribution in [0.15, 0.2) is 0 Å². The summed E-state index contributed by atoms with van der Waals surface area (Å²) in [6.07, 6.45) is 0. The second-order valence-electron chi connectivity index (χ2n) is 11.9. The van der Waals surface area contributed by atoms with Crippen LogP contribution in [-0.2, 0) is 12.3 Å². The van der Waals surface area contributed by atoms with Gasteiger partial charge in [0.25, 0.3) is 0 Å². The number of rotatable bonds is 8. The van der Waals surface area contributed by atoms with Gasteiger partial charge in [-0.05, 0) is 0 Å². The molecular weight excluding hydrogens is 423 g/mol. The quantitative estimate of drug-likeness (QED) is 0.431. The summed E-state index contributed by atoms with van der Waals surface area (Å²) in [5, 5.41) is 0. The molecule has 0 aliphatic heterocycles. The van der Waals surface area contributed by atoms with Crippen molar-refractivity contribution in [1.29, 1.82) is 0 Å². The average Bonchev–Trinajstić information content (AvgIpc) is 2.33. The van der Waals surface area contributed by atoms with Crippen molar-refractivity contribution in [2.45, 2.75) is 83.1 Å². The van der Waals surface area contributed by atoms with Crippen molar-refractivity contribution in [3.05, 3.63) is 0 Å². The summed E-state index contributed by atoms with van der Waals surface area (Å²) >= 11 is -4.14. The summed E-state index contributed by atoms with van der Waals surface area (Å²) in [5.74, 6) is 0. The van der Waals surface area contributed by atoms with E-state index in [0.29, 0.717) is 26.4 Å². The molecule has 0 aromatic heterocycles. The van der Waals surface area contributed by atoms with E-state index >= 15 is 0 Å². The van der Waals surface area contributed by atoms with E-state index in [1.54, 1.807) is 0 Å². The molecular formula is C20H44O4Sn. The monoisotopic (exact) mass is 468 g/mol. The van der Waals surface area contributed by atoms with Gasteiger partial charge in [0.2, 0.25) is 0 Å². The van der Waals surface area contributed by atoms with Crippen LogP contribution in [-0.4, -0.2) is 46.5 Å². The first kappa shape index (κ1) is 25.6. The third-order valence-electron chi connectivity index (χ3n) is 2.73. The predicted octanol–water partition coefficient (Wildman–Crippen LogP) is 5.67. The first-order valence-corrected chi connectivity index (χ1v) is 14.0. The molecule has 0 amide bonds.